The van der Waals surface area contributed by atoms with Crippen molar-refractivity contribution in [3.8, 4) is 0 Å². The van der Waals surface area contributed by atoms with Crippen molar-refractivity contribution in [1.29, 1.82) is 0 Å². The highest BCUT2D eigenvalue weighted by Gasteiger charge is 2.13. The van der Waals surface area contributed by atoms with Crippen molar-refractivity contribution in [3.63, 3.8) is 0 Å². The van der Waals surface area contributed by atoms with Crippen molar-refractivity contribution in [3.05, 3.63) is 17.2 Å². The molecular formula is C11H18N2. The maximum atomic E-state index is 4.62. The third kappa shape index (κ3) is 1.62. The molecule has 0 fully saturated rings. The number of aryl methyl sites for hydroxylation is 2. The zero-order chi connectivity index (χ0) is 9.26. The molecule has 0 unspecified atom stereocenters. The van der Waals surface area contributed by atoms with E-state index in [2.05, 4.69) is 23.5 Å². The van der Waals surface area contributed by atoms with E-state index in [0.717, 1.165) is 0 Å². The van der Waals surface area contributed by atoms with Gasteiger partial charge in [-0.2, -0.15) is 0 Å². The zero-order valence-corrected chi connectivity index (χ0v) is 8.64. The van der Waals surface area contributed by atoms with E-state index in [9.17, 15) is 0 Å². The minimum absolute atomic E-state index is 1.17. The summed E-state index contributed by atoms with van der Waals surface area (Å²) in [6.45, 7) is 2.10. The van der Waals surface area contributed by atoms with E-state index >= 15 is 0 Å². The van der Waals surface area contributed by atoms with E-state index in [-0.39, 0.29) is 0 Å². The SMILES string of the molecule is Cc1nc2c(n1C)CCCCCC2. The van der Waals surface area contributed by atoms with E-state index in [1.165, 1.54) is 55.7 Å². The molecule has 0 amide bonds. The summed E-state index contributed by atoms with van der Waals surface area (Å²) in [4.78, 5) is 4.62. The van der Waals surface area contributed by atoms with Gasteiger partial charge in [-0.1, -0.05) is 12.8 Å². The molecule has 1 aliphatic carbocycles. The van der Waals surface area contributed by atoms with Crippen LogP contribution in [0.5, 0.6) is 0 Å². The van der Waals surface area contributed by atoms with Gasteiger partial charge in [-0.3, -0.25) is 0 Å². The van der Waals surface area contributed by atoms with Crippen LogP contribution in [0.3, 0.4) is 0 Å². The molecule has 0 radical (unpaired) electrons. The maximum absolute atomic E-state index is 4.62. The molecule has 1 aliphatic rings. The molecule has 0 aromatic carbocycles. The standard InChI is InChI=1S/C11H18N2/c1-9-12-10-7-5-3-4-6-8-11(10)13(9)2/h3-8H2,1-2H3. The molecule has 0 saturated carbocycles. The van der Waals surface area contributed by atoms with Gasteiger partial charge in [0.05, 0.1) is 5.69 Å². The van der Waals surface area contributed by atoms with E-state index in [1.54, 1.807) is 0 Å². The Morgan fingerprint density at radius 2 is 1.77 bits per heavy atom. The molecule has 0 atom stereocenters. The van der Waals surface area contributed by atoms with Crippen molar-refractivity contribution < 1.29 is 0 Å². The van der Waals surface area contributed by atoms with Gasteiger partial charge in [0.2, 0.25) is 0 Å². The normalized spacial score (nSPS) is 17.7. The number of nitrogens with zero attached hydrogens (tertiary/aromatic N) is 2. The van der Waals surface area contributed by atoms with Crippen LogP contribution in [0, 0.1) is 6.92 Å². The molecule has 0 aliphatic heterocycles. The second-order valence-corrected chi connectivity index (χ2v) is 4.03. The number of rotatable bonds is 0. The Morgan fingerprint density at radius 3 is 2.54 bits per heavy atom. The molecule has 2 heteroatoms. The molecule has 0 bridgehead atoms. The Labute approximate surface area is 80.0 Å². The Kier molecular flexibility index (Phi) is 2.38. The van der Waals surface area contributed by atoms with Crippen LogP contribution in [-0.4, -0.2) is 9.55 Å². The molecule has 13 heavy (non-hydrogen) atoms. The Hall–Kier alpha value is -0.790. The second kappa shape index (κ2) is 3.52. The topological polar surface area (TPSA) is 17.8 Å². The molecule has 2 rings (SSSR count). The van der Waals surface area contributed by atoms with E-state index < -0.39 is 0 Å². The lowest BCUT2D eigenvalue weighted by Crippen LogP contribution is -2.03. The van der Waals surface area contributed by atoms with Crippen LogP contribution in [0.4, 0.5) is 0 Å². The molecule has 72 valence electrons. The van der Waals surface area contributed by atoms with Gasteiger partial charge in [-0.05, 0) is 32.6 Å². The summed E-state index contributed by atoms with van der Waals surface area (Å²) in [5.74, 6) is 1.17. The quantitative estimate of drug-likeness (QED) is 0.596. The van der Waals surface area contributed by atoms with Crippen molar-refractivity contribution in [2.24, 2.45) is 7.05 Å². The first kappa shape index (κ1) is 8.79. The van der Waals surface area contributed by atoms with Gasteiger partial charge in [0.1, 0.15) is 5.82 Å². The fraction of sp³-hybridized carbons (Fsp3) is 0.727. The monoisotopic (exact) mass is 178 g/mol. The second-order valence-electron chi connectivity index (χ2n) is 4.03. The van der Waals surface area contributed by atoms with E-state index in [1.807, 2.05) is 0 Å². The molecule has 0 spiro atoms. The molecular weight excluding hydrogens is 160 g/mol. The lowest BCUT2D eigenvalue weighted by atomic mass is 10.0. The Morgan fingerprint density at radius 1 is 1.08 bits per heavy atom. The van der Waals surface area contributed by atoms with Gasteiger partial charge in [-0.25, -0.2) is 4.98 Å². The van der Waals surface area contributed by atoms with Gasteiger partial charge in [0.15, 0.2) is 0 Å². The minimum Gasteiger partial charge on any atom is -0.335 e. The number of hydrogen-bond acceptors (Lipinski definition) is 1. The van der Waals surface area contributed by atoms with Crippen molar-refractivity contribution in [2.45, 2.75) is 45.4 Å². The summed E-state index contributed by atoms with van der Waals surface area (Å²) in [5, 5.41) is 0. The van der Waals surface area contributed by atoms with Crippen LogP contribution >= 0.6 is 0 Å². The highest BCUT2D eigenvalue weighted by molar-refractivity contribution is 5.17. The molecule has 2 nitrogen and oxygen atoms in total. The van der Waals surface area contributed by atoms with Crippen molar-refractivity contribution in [1.82, 2.24) is 9.55 Å². The number of imidazole rings is 1. The summed E-state index contributed by atoms with van der Waals surface area (Å²) >= 11 is 0. The van der Waals surface area contributed by atoms with Gasteiger partial charge < -0.3 is 4.57 Å². The van der Waals surface area contributed by atoms with Crippen LogP contribution in [-0.2, 0) is 19.9 Å². The Bertz CT molecular complexity index is 299. The molecule has 0 saturated heterocycles. The van der Waals surface area contributed by atoms with Crippen LogP contribution in [0.15, 0.2) is 0 Å². The first-order valence-corrected chi connectivity index (χ1v) is 5.30. The minimum atomic E-state index is 1.17. The van der Waals surface area contributed by atoms with Crippen LogP contribution in [0.25, 0.3) is 0 Å². The average molecular weight is 178 g/mol. The maximum Gasteiger partial charge on any atom is 0.105 e. The number of fused-ring (bicyclic) bond motifs is 1. The van der Waals surface area contributed by atoms with Crippen molar-refractivity contribution >= 4 is 0 Å². The highest BCUT2D eigenvalue weighted by Crippen LogP contribution is 2.19. The van der Waals surface area contributed by atoms with E-state index in [4.69, 9.17) is 0 Å². The Balaban J connectivity index is 2.33. The summed E-state index contributed by atoms with van der Waals surface area (Å²) in [7, 11) is 2.14. The van der Waals surface area contributed by atoms with Crippen LogP contribution < -0.4 is 0 Å². The fourth-order valence-corrected chi connectivity index (χ4v) is 2.17. The van der Waals surface area contributed by atoms with Gasteiger partial charge in [-0.15, -0.1) is 0 Å². The van der Waals surface area contributed by atoms with Gasteiger partial charge in [0.25, 0.3) is 0 Å². The summed E-state index contributed by atoms with van der Waals surface area (Å²) in [6.07, 6.45) is 7.86. The predicted octanol–water partition coefficient (Wildman–Crippen LogP) is 2.39. The summed E-state index contributed by atoms with van der Waals surface area (Å²) < 4.78 is 2.26. The van der Waals surface area contributed by atoms with Crippen LogP contribution in [0.1, 0.15) is 42.9 Å². The largest absolute Gasteiger partial charge is 0.335 e. The number of hydrogen-bond donors (Lipinski definition) is 0. The molecule has 1 aromatic heterocycles. The third-order valence-corrected chi connectivity index (χ3v) is 3.10. The molecule has 1 heterocycles. The smallest absolute Gasteiger partial charge is 0.105 e. The molecule has 1 aromatic rings. The lowest BCUT2D eigenvalue weighted by molar-refractivity contribution is 0.597. The first-order chi connectivity index (χ1) is 6.29. The van der Waals surface area contributed by atoms with Crippen molar-refractivity contribution in [2.75, 3.05) is 0 Å². The predicted molar refractivity (Wildman–Crippen MR) is 53.8 cm³/mol. The summed E-state index contributed by atoms with van der Waals surface area (Å²) in [6, 6.07) is 0. The van der Waals surface area contributed by atoms with Crippen LogP contribution in [0.2, 0.25) is 0 Å². The first-order valence-electron chi connectivity index (χ1n) is 5.30. The van der Waals surface area contributed by atoms with E-state index in [0.29, 0.717) is 0 Å². The summed E-state index contributed by atoms with van der Waals surface area (Å²) in [5.41, 5.74) is 2.84. The fourth-order valence-electron chi connectivity index (χ4n) is 2.17. The highest BCUT2D eigenvalue weighted by atomic mass is 15.1. The lowest BCUT2D eigenvalue weighted by Gasteiger charge is -2.09. The number of aromatic nitrogens is 2. The zero-order valence-electron chi connectivity index (χ0n) is 8.64. The third-order valence-electron chi connectivity index (χ3n) is 3.10. The average Bonchev–Trinajstić information content (AvgIpc) is 2.31. The van der Waals surface area contributed by atoms with Gasteiger partial charge >= 0.3 is 0 Å². The molecule has 0 N–H and O–H groups in total. The van der Waals surface area contributed by atoms with Gasteiger partial charge in [0, 0.05) is 12.7 Å².